The van der Waals surface area contributed by atoms with E-state index in [0.29, 0.717) is 10.6 Å². The van der Waals surface area contributed by atoms with E-state index in [1.165, 1.54) is 32.2 Å². The second-order valence-corrected chi connectivity index (χ2v) is 6.75. The van der Waals surface area contributed by atoms with Gasteiger partial charge in [0.25, 0.3) is 5.91 Å². The molecule has 2 aromatic rings. The van der Waals surface area contributed by atoms with Gasteiger partial charge in [0.2, 0.25) is 0 Å². The number of urea groups is 1. The smallest absolute Gasteiger partial charge is 0.325 e. The van der Waals surface area contributed by atoms with Crippen molar-refractivity contribution in [3.8, 4) is 5.75 Å². The van der Waals surface area contributed by atoms with E-state index in [9.17, 15) is 23.2 Å². The van der Waals surface area contributed by atoms with E-state index < -0.39 is 41.4 Å². The molecular formula is C19H15ClF2N2O4. The van der Waals surface area contributed by atoms with Crippen LogP contribution in [0.4, 0.5) is 13.6 Å². The first-order valence-corrected chi connectivity index (χ1v) is 8.51. The molecule has 1 atom stereocenters. The van der Waals surface area contributed by atoms with Gasteiger partial charge in [-0.3, -0.25) is 14.5 Å². The molecular weight excluding hydrogens is 394 g/mol. The number of hydrogen-bond acceptors (Lipinski definition) is 4. The average Bonchev–Trinajstić information content (AvgIpc) is 2.87. The van der Waals surface area contributed by atoms with Crippen molar-refractivity contribution in [2.24, 2.45) is 0 Å². The SMILES string of the molecule is COc1ccc(C(=O)CN2C(=O)N[C@@](C)(c3cc(F)ccc3F)C2=O)cc1Cl. The largest absolute Gasteiger partial charge is 0.495 e. The molecule has 1 heterocycles. The number of Topliss-reactive ketones (excluding diaryl/α,β-unsaturated/α-hetero) is 1. The molecule has 6 nitrogen and oxygen atoms in total. The number of halogens is 3. The highest BCUT2D eigenvalue weighted by atomic mass is 35.5. The van der Waals surface area contributed by atoms with Crippen molar-refractivity contribution >= 4 is 29.3 Å². The zero-order valence-corrected chi connectivity index (χ0v) is 15.6. The third-order valence-electron chi connectivity index (χ3n) is 4.52. The fourth-order valence-corrected chi connectivity index (χ4v) is 3.24. The summed E-state index contributed by atoms with van der Waals surface area (Å²) in [5, 5.41) is 2.53. The molecule has 146 valence electrons. The Balaban J connectivity index is 1.87. The number of carbonyl (C=O) groups is 3. The van der Waals surface area contributed by atoms with Gasteiger partial charge in [0.1, 0.15) is 22.9 Å². The van der Waals surface area contributed by atoms with E-state index in [2.05, 4.69) is 5.32 Å². The number of benzene rings is 2. The van der Waals surface area contributed by atoms with Crippen LogP contribution in [-0.4, -0.2) is 36.3 Å². The molecule has 0 aliphatic carbocycles. The monoisotopic (exact) mass is 408 g/mol. The summed E-state index contributed by atoms with van der Waals surface area (Å²) in [5.41, 5.74) is -1.99. The molecule has 0 radical (unpaired) electrons. The molecule has 28 heavy (non-hydrogen) atoms. The third-order valence-corrected chi connectivity index (χ3v) is 4.81. The first kappa shape index (κ1) is 19.8. The van der Waals surface area contributed by atoms with Gasteiger partial charge in [-0.1, -0.05) is 11.6 Å². The Morgan fingerprint density at radius 3 is 2.57 bits per heavy atom. The van der Waals surface area contributed by atoms with Gasteiger partial charge >= 0.3 is 6.03 Å². The van der Waals surface area contributed by atoms with Crippen LogP contribution in [0.2, 0.25) is 5.02 Å². The summed E-state index contributed by atoms with van der Waals surface area (Å²) in [4.78, 5) is 38.2. The number of nitrogens with zero attached hydrogens (tertiary/aromatic N) is 1. The molecule has 9 heteroatoms. The van der Waals surface area contributed by atoms with Crippen LogP contribution in [0.15, 0.2) is 36.4 Å². The summed E-state index contributed by atoms with van der Waals surface area (Å²) in [5.74, 6) is -2.68. The van der Waals surface area contributed by atoms with Crippen LogP contribution in [0, 0.1) is 11.6 Å². The van der Waals surface area contributed by atoms with Crippen molar-refractivity contribution in [1.29, 1.82) is 0 Å². The number of ketones is 1. The molecule has 3 rings (SSSR count). The van der Waals surface area contributed by atoms with E-state index in [-0.39, 0.29) is 16.1 Å². The van der Waals surface area contributed by atoms with Crippen LogP contribution in [0.5, 0.6) is 5.75 Å². The van der Waals surface area contributed by atoms with Gasteiger partial charge in [-0.25, -0.2) is 13.6 Å². The normalized spacial score (nSPS) is 19.0. The maximum Gasteiger partial charge on any atom is 0.325 e. The molecule has 3 amide bonds. The van der Waals surface area contributed by atoms with Crippen molar-refractivity contribution in [3.63, 3.8) is 0 Å². The minimum Gasteiger partial charge on any atom is -0.495 e. The predicted octanol–water partition coefficient (Wildman–Crippen LogP) is 3.28. The van der Waals surface area contributed by atoms with Crippen LogP contribution in [0.25, 0.3) is 0 Å². The molecule has 0 saturated carbocycles. The minimum atomic E-state index is -1.83. The fraction of sp³-hybridized carbons (Fsp3) is 0.211. The Hall–Kier alpha value is -3.00. The summed E-state index contributed by atoms with van der Waals surface area (Å²) in [6, 6.07) is 5.99. The molecule has 1 fully saturated rings. The van der Waals surface area contributed by atoms with Gasteiger partial charge in [0, 0.05) is 11.1 Å². The second kappa shape index (κ2) is 7.20. The Morgan fingerprint density at radius 2 is 1.93 bits per heavy atom. The zero-order chi connectivity index (χ0) is 20.6. The Morgan fingerprint density at radius 1 is 1.21 bits per heavy atom. The third kappa shape index (κ3) is 3.31. The number of methoxy groups -OCH3 is 1. The lowest BCUT2D eigenvalue weighted by molar-refractivity contribution is -0.130. The Labute approximate surface area is 164 Å². The molecule has 1 aliphatic rings. The zero-order valence-electron chi connectivity index (χ0n) is 14.9. The second-order valence-electron chi connectivity index (χ2n) is 6.34. The van der Waals surface area contributed by atoms with E-state index >= 15 is 0 Å². The number of nitrogens with one attached hydrogen (secondary N) is 1. The van der Waals surface area contributed by atoms with E-state index in [1.54, 1.807) is 0 Å². The molecule has 1 saturated heterocycles. The average molecular weight is 409 g/mol. The summed E-state index contributed by atoms with van der Waals surface area (Å²) >= 11 is 5.99. The van der Waals surface area contributed by atoms with Crippen LogP contribution in [0.1, 0.15) is 22.8 Å². The van der Waals surface area contributed by atoms with Gasteiger partial charge in [-0.2, -0.15) is 0 Å². The van der Waals surface area contributed by atoms with Gasteiger partial charge in [-0.15, -0.1) is 0 Å². The van der Waals surface area contributed by atoms with Crippen molar-refractivity contribution < 1.29 is 27.9 Å². The number of rotatable bonds is 5. The minimum absolute atomic E-state index is 0.164. The molecule has 1 N–H and O–H groups in total. The lowest BCUT2D eigenvalue weighted by Crippen LogP contribution is -2.42. The Kier molecular flexibility index (Phi) is 5.08. The van der Waals surface area contributed by atoms with Crippen LogP contribution < -0.4 is 10.1 Å². The van der Waals surface area contributed by atoms with E-state index in [0.717, 1.165) is 18.2 Å². The Bertz CT molecular complexity index is 998. The lowest BCUT2D eigenvalue weighted by atomic mass is 9.91. The number of amides is 3. The highest BCUT2D eigenvalue weighted by Gasteiger charge is 2.50. The topological polar surface area (TPSA) is 75.7 Å². The number of imide groups is 1. The lowest BCUT2D eigenvalue weighted by Gasteiger charge is -2.22. The molecule has 0 spiro atoms. The van der Waals surface area contributed by atoms with Gasteiger partial charge in [0.05, 0.1) is 18.7 Å². The molecule has 0 bridgehead atoms. The van der Waals surface area contributed by atoms with Crippen LogP contribution in [0.3, 0.4) is 0 Å². The number of carbonyl (C=O) groups excluding carboxylic acids is 3. The standard InChI is InChI=1S/C19H15ClF2N2O4/c1-19(12-8-11(21)4-5-14(12)22)17(26)24(18(27)23-19)9-15(25)10-3-6-16(28-2)13(20)7-10/h3-8H,9H2,1-2H3,(H,23,27)/t19-/m0/s1. The van der Waals surface area contributed by atoms with E-state index in [1.807, 2.05) is 0 Å². The first-order chi connectivity index (χ1) is 13.2. The molecule has 2 aromatic carbocycles. The maximum atomic E-state index is 14.2. The van der Waals surface area contributed by atoms with Crippen LogP contribution in [-0.2, 0) is 10.3 Å². The van der Waals surface area contributed by atoms with Crippen molar-refractivity contribution in [2.75, 3.05) is 13.7 Å². The summed E-state index contributed by atoms with van der Waals surface area (Å²) < 4.78 is 32.7. The van der Waals surface area contributed by atoms with Crippen molar-refractivity contribution in [2.45, 2.75) is 12.5 Å². The first-order valence-electron chi connectivity index (χ1n) is 8.13. The maximum absolute atomic E-state index is 14.2. The quantitative estimate of drug-likeness (QED) is 0.608. The van der Waals surface area contributed by atoms with Gasteiger partial charge in [0.15, 0.2) is 5.78 Å². The highest BCUT2D eigenvalue weighted by Crippen LogP contribution is 2.31. The predicted molar refractivity (Wildman–Crippen MR) is 96.3 cm³/mol. The van der Waals surface area contributed by atoms with Gasteiger partial charge in [-0.05, 0) is 43.3 Å². The molecule has 0 aromatic heterocycles. The fourth-order valence-electron chi connectivity index (χ4n) is 2.98. The van der Waals surface area contributed by atoms with Gasteiger partial charge < -0.3 is 10.1 Å². The van der Waals surface area contributed by atoms with Crippen molar-refractivity contribution in [1.82, 2.24) is 10.2 Å². The van der Waals surface area contributed by atoms with E-state index in [4.69, 9.17) is 16.3 Å². The molecule has 0 unspecified atom stereocenters. The summed E-state index contributed by atoms with van der Waals surface area (Å²) in [6.45, 7) is 0.666. The summed E-state index contributed by atoms with van der Waals surface area (Å²) in [6.07, 6.45) is 0. The number of ether oxygens (including phenoxy) is 1. The summed E-state index contributed by atoms with van der Waals surface area (Å²) in [7, 11) is 1.42. The highest BCUT2D eigenvalue weighted by molar-refractivity contribution is 6.32. The van der Waals surface area contributed by atoms with Crippen LogP contribution >= 0.6 is 11.6 Å². The molecule has 1 aliphatic heterocycles. The number of hydrogen-bond donors (Lipinski definition) is 1. The van der Waals surface area contributed by atoms with Crippen molar-refractivity contribution in [3.05, 3.63) is 64.2 Å².